The van der Waals surface area contributed by atoms with Crippen molar-refractivity contribution in [1.29, 1.82) is 0 Å². The molecule has 0 amide bonds. The summed E-state index contributed by atoms with van der Waals surface area (Å²) < 4.78 is 6.07. The van der Waals surface area contributed by atoms with Crippen LogP contribution in [0.3, 0.4) is 0 Å². The van der Waals surface area contributed by atoms with Crippen molar-refractivity contribution < 1.29 is 14.3 Å². The quantitative estimate of drug-likeness (QED) is 0.686. The van der Waals surface area contributed by atoms with Gasteiger partial charge >= 0.3 is 5.97 Å². The molecule has 0 atom stereocenters. The molecule has 0 unspecified atom stereocenters. The number of para-hydroxylation sites is 1. The van der Waals surface area contributed by atoms with Crippen LogP contribution in [0.15, 0.2) is 41.2 Å². The minimum atomic E-state index is -0.674. The van der Waals surface area contributed by atoms with Crippen molar-refractivity contribution in [3.05, 3.63) is 57.9 Å². The van der Waals surface area contributed by atoms with E-state index in [4.69, 9.17) is 10.5 Å². The number of carbonyl (C=O) groups excluding carboxylic acids is 2. The highest BCUT2D eigenvalue weighted by Crippen LogP contribution is 2.18. The number of ether oxygens (including phenoxy) is 1. The molecule has 22 heavy (non-hydrogen) atoms. The Balaban J connectivity index is 2.79. The standard InChI is InChI=1S/C16H16N2O4/c1-3-22-16(21)13-9-12(10(2)19)15(20)18(14(13)17)11-7-5-4-6-8-11/h4-9H,3,17H2,1-2H3. The fourth-order valence-corrected chi connectivity index (χ4v) is 2.09. The lowest BCUT2D eigenvalue weighted by atomic mass is 10.1. The zero-order valence-corrected chi connectivity index (χ0v) is 12.3. The van der Waals surface area contributed by atoms with Gasteiger partial charge in [-0.05, 0) is 32.0 Å². The lowest BCUT2D eigenvalue weighted by Gasteiger charge is -2.14. The Bertz CT molecular complexity index is 779. The molecule has 0 aliphatic heterocycles. The molecular weight excluding hydrogens is 284 g/mol. The van der Waals surface area contributed by atoms with Crippen molar-refractivity contribution in [2.75, 3.05) is 12.3 Å². The predicted molar refractivity (Wildman–Crippen MR) is 82.4 cm³/mol. The Morgan fingerprint density at radius 3 is 2.36 bits per heavy atom. The van der Waals surface area contributed by atoms with Crippen LogP contribution in [-0.2, 0) is 4.74 Å². The Morgan fingerprint density at radius 1 is 1.18 bits per heavy atom. The molecule has 114 valence electrons. The SMILES string of the molecule is CCOC(=O)c1cc(C(C)=O)c(=O)n(-c2ccccc2)c1N. The van der Waals surface area contributed by atoms with Gasteiger partial charge in [0.15, 0.2) is 5.78 Å². The van der Waals surface area contributed by atoms with Crippen LogP contribution in [-0.4, -0.2) is 22.9 Å². The number of hydrogen-bond donors (Lipinski definition) is 1. The van der Waals surface area contributed by atoms with E-state index in [0.717, 1.165) is 4.57 Å². The average Bonchev–Trinajstić information content (AvgIpc) is 2.48. The third kappa shape index (κ3) is 2.76. The van der Waals surface area contributed by atoms with Gasteiger partial charge in [0.05, 0.1) is 17.9 Å². The summed E-state index contributed by atoms with van der Waals surface area (Å²) in [6.07, 6.45) is 0. The zero-order valence-electron chi connectivity index (χ0n) is 12.3. The molecule has 2 aromatic rings. The Hall–Kier alpha value is -2.89. The number of rotatable bonds is 4. The maximum atomic E-state index is 12.5. The van der Waals surface area contributed by atoms with Gasteiger partial charge in [0.25, 0.3) is 5.56 Å². The maximum absolute atomic E-state index is 12.5. The minimum Gasteiger partial charge on any atom is -0.462 e. The van der Waals surface area contributed by atoms with Crippen LogP contribution in [0.4, 0.5) is 5.82 Å². The van der Waals surface area contributed by atoms with Crippen molar-refractivity contribution >= 4 is 17.6 Å². The number of anilines is 1. The van der Waals surface area contributed by atoms with E-state index in [0.29, 0.717) is 5.69 Å². The van der Waals surface area contributed by atoms with Crippen LogP contribution in [0, 0.1) is 0 Å². The number of benzene rings is 1. The number of pyridine rings is 1. The second kappa shape index (κ2) is 6.26. The number of ketones is 1. The number of nitrogens with zero attached hydrogens (tertiary/aromatic N) is 1. The fourth-order valence-electron chi connectivity index (χ4n) is 2.09. The molecule has 0 aliphatic rings. The molecule has 0 saturated heterocycles. The lowest BCUT2D eigenvalue weighted by molar-refractivity contribution is 0.0527. The summed E-state index contributed by atoms with van der Waals surface area (Å²) in [5, 5.41) is 0. The summed E-state index contributed by atoms with van der Waals surface area (Å²) in [6, 6.07) is 9.76. The van der Waals surface area contributed by atoms with E-state index < -0.39 is 17.3 Å². The molecule has 0 saturated carbocycles. The second-order valence-corrected chi connectivity index (χ2v) is 4.61. The highest BCUT2D eigenvalue weighted by molar-refractivity contribution is 6.00. The minimum absolute atomic E-state index is 0.00416. The van der Waals surface area contributed by atoms with Crippen LogP contribution in [0.5, 0.6) is 0 Å². The predicted octanol–water partition coefficient (Wildman–Crippen LogP) is 1.80. The van der Waals surface area contributed by atoms with Gasteiger partial charge in [0.2, 0.25) is 0 Å². The molecule has 6 nitrogen and oxygen atoms in total. The Kier molecular flexibility index (Phi) is 4.41. The summed E-state index contributed by atoms with van der Waals surface area (Å²) in [5.74, 6) is -1.17. The van der Waals surface area contributed by atoms with Crippen LogP contribution >= 0.6 is 0 Å². The molecule has 1 aromatic carbocycles. The van der Waals surface area contributed by atoms with E-state index in [1.54, 1.807) is 37.3 Å². The fraction of sp³-hybridized carbons (Fsp3) is 0.188. The van der Waals surface area contributed by atoms with Gasteiger partial charge in [0, 0.05) is 0 Å². The third-order valence-corrected chi connectivity index (χ3v) is 3.13. The van der Waals surface area contributed by atoms with Crippen LogP contribution in [0.25, 0.3) is 5.69 Å². The second-order valence-electron chi connectivity index (χ2n) is 4.61. The molecule has 6 heteroatoms. The van der Waals surface area contributed by atoms with Gasteiger partial charge in [-0.1, -0.05) is 18.2 Å². The molecule has 2 N–H and O–H groups in total. The number of nitrogens with two attached hydrogens (primary N) is 1. The summed E-state index contributed by atoms with van der Waals surface area (Å²) >= 11 is 0. The molecule has 1 heterocycles. The summed E-state index contributed by atoms with van der Waals surface area (Å²) in [4.78, 5) is 36.2. The number of nitrogen functional groups attached to an aromatic ring is 1. The van der Waals surface area contributed by atoms with E-state index in [1.807, 2.05) is 0 Å². The molecule has 2 rings (SSSR count). The number of esters is 1. The zero-order chi connectivity index (χ0) is 16.3. The van der Waals surface area contributed by atoms with Crippen molar-refractivity contribution in [2.45, 2.75) is 13.8 Å². The van der Waals surface area contributed by atoms with Gasteiger partial charge in [-0.25, -0.2) is 4.79 Å². The number of hydrogen-bond acceptors (Lipinski definition) is 5. The molecule has 1 aromatic heterocycles. The third-order valence-electron chi connectivity index (χ3n) is 3.13. The molecule has 0 radical (unpaired) electrons. The highest BCUT2D eigenvalue weighted by Gasteiger charge is 2.21. The molecule has 0 fully saturated rings. The molecule has 0 bridgehead atoms. The van der Waals surface area contributed by atoms with Crippen LogP contribution in [0.1, 0.15) is 34.6 Å². The van der Waals surface area contributed by atoms with E-state index >= 15 is 0 Å². The highest BCUT2D eigenvalue weighted by atomic mass is 16.5. The Morgan fingerprint density at radius 2 is 1.82 bits per heavy atom. The first-order chi connectivity index (χ1) is 10.5. The topological polar surface area (TPSA) is 91.4 Å². The number of carbonyl (C=O) groups is 2. The van der Waals surface area contributed by atoms with Crippen molar-refractivity contribution in [3.63, 3.8) is 0 Å². The van der Waals surface area contributed by atoms with Crippen molar-refractivity contribution in [3.8, 4) is 5.69 Å². The van der Waals surface area contributed by atoms with Gasteiger partial charge in [-0.15, -0.1) is 0 Å². The molecule has 0 spiro atoms. The summed E-state index contributed by atoms with van der Waals surface area (Å²) in [7, 11) is 0. The van der Waals surface area contributed by atoms with Gasteiger partial charge in [-0.3, -0.25) is 14.2 Å². The van der Waals surface area contributed by atoms with Crippen LogP contribution < -0.4 is 11.3 Å². The summed E-state index contributed by atoms with van der Waals surface area (Å²) in [5.41, 5.74) is 5.76. The largest absolute Gasteiger partial charge is 0.462 e. The Labute approximate surface area is 127 Å². The first-order valence-electron chi connectivity index (χ1n) is 6.76. The first-order valence-corrected chi connectivity index (χ1v) is 6.76. The summed E-state index contributed by atoms with van der Waals surface area (Å²) in [6.45, 7) is 3.09. The van der Waals surface area contributed by atoms with E-state index in [9.17, 15) is 14.4 Å². The number of Topliss-reactive ketones (excluding diaryl/α,β-unsaturated/α-hetero) is 1. The van der Waals surface area contributed by atoms with E-state index in [1.165, 1.54) is 13.0 Å². The average molecular weight is 300 g/mol. The van der Waals surface area contributed by atoms with Gasteiger partial charge in [0.1, 0.15) is 11.4 Å². The maximum Gasteiger partial charge on any atom is 0.341 e. The smallest absolute Gasteiger partial charge is 0.341 e. The molecule has 0 aliphatic carbocycles. The van der Waals surface area contributed by atoms with Crippen molar-refractivity contribution in [1.82, 2.24) is 4.57 Å². The normalized spacial score (nSPS) is 10.3. The van der Waals surface area contributed by atoms with E-state index in [-0.39, 0.29) is 23.6 Å². The van der Waals surface area contributed by atoms with Crippen molar-refractivity contribution in [2.24, 2.45) is 0 Å². The van der Waals surface area contributed by atoms with E-state index in [2.05, 4.69) is 0 Å². The molecular formula is C16H16N2O4. The lowest BCUT2D eigenvalue weighted by Crippen LogP contribution is -2.29. The van der Waals surface area contributed by atoms with Gasteiger partial charge < -0.3 is 10.5 Å². The number of aromatic nitrogens is 1. The first kappa shape index (κ1) is 15.5. The van der Waals surface area contributed by atoms with Crippen LogP contribution in [0.2, 0.25) is 0 Å². The van der Waals surface area contributed by atoms with Gasteiger partial charge in [-0.2, -0.15) is 0 Å². The monoisotopic (exact) mass is 300 g/mol.